The van der Waals surface area contributed by atoms with E-state index in [1.165, 1.54) is 0 Å². The van der Waals surface area contributed by atoms with Crippen LogP contribution in [0, 0.1) is 26.7 Å². The highest BCUT2D eigenvalue weighted by Crippen LogP contribution is 2.21. The van der Waals surface area contributed by atoms with E-state index in [0.717, 1.165) is 36.2 Å². The van der Waals surface area contributed by atoms with Crippen LogP contribution in [-0.2, 0) is 14.8 Å². The van der Waals surface area contributed by atoms with E-state index in [1.54, 1.807) is 13.8 Å². The van der Waals surface area contributed by atoms with Gasteiger partial charge in [-0.25, -0.2) is 13.1 Å². The molecule has 0 aliphatic carbocycles. The van der Waals surface area contributed by atoms with E-state index in [4.69, 9.17) is 0 Å². The minimum atomic E-state index is -3.62. The minimum Gasteiger partial charge on any atom is -0.353 e. The van der Waals surface area contributed by atoms with Gasteiger partial charge < -0.3 is 10.6 Å². The van der Waals surface area contributed by atoms with Crippen LogP contribution in [0.1, 0.15) is 36.5 Å². The fourth-order valence-corrected chi connectivity index (χ4v) is 4.95. The van der Waals surface area contributed by atoms with Crippen LogP contribution in [0.4, 0.5) is 0 Å². The first-order valence-corrected chi connectivity index (χ1v) is 10.3. The first-order valence-electron chi connectivity index (χ1n) is 8.78. The van der Waals surface area contributed by atoms with E-state index in [9.17, 15) is 13.2 Å². The summed E-state index contributed by atoms with van der Waals surface area (Å²) in [5.41, 5.74) is 2.47. The Bertz CT molecular complexity index is 714. The van der Waals surface area contributed by atoms with E-state index in [2.05, 4.69) is 22.3 Å². The Morgan fingerprint density at radius 2 is 1.85 bits per heavy atom. The van der Waals surface area contributed by atoms with Crippen molar-refractivity contribution in [1.29, 1.82) is 0 Å². The molecule has 1 fully saturated rings. The highest BCUT2D eigenvalue weighted by molar-refractivity contribution is 7.89. The SMILES string of the molecule is Cc1cc(C)c(S(=O)(=O)NCCC(=O)NC2CCNCC2C)c(C)c1.Cl. The molecule has 6 nitrogen and oxygen atoms in total. The molecule has 0 aromatic heterocycles. The predicted octanol–water partition coefficient (Wildman–Crippen LogP) is 1.82. The van der Waals surface area contributed by atoms with Gasteiger partial charge in [-0.2, -0.15) is 0 Å². The Morgan fingerprint density at radius 3 is 2.42 bits per heavy atom. The first-order chi connectivity index (χ1) is 11.7. The molecular weight excluding hydrogens is 374 g/mol. The molecule has 2 rings (SSSR count). The van der Waals surface area contributed by atoms with Gasteiger partial charge in [-0.1, -0.05) is 24.6 Å². The average Bonchev–Trinajstić information content (AvgIpc) is 2.48. The normalized spacial score (nSPS) is 20.3. The number of amides is 1. The molecule has 2 atom stereocenters. The van der Waals surface area contributed by atoms with Gasteiger partial charge in [-0.3, -0.25) is 4.79 Å². The zero-order valence-electron chi connectivity index (χ0n) is 15.9. The second-order valence-electron chi connectivity index (χ2n) is 7.02. The van der Waals surface area contributed by atoms with E-state index in [0.29, 0.717) is 10.8 Å². The second-order valence-corrected chi connectivity index (χ2v) is 8.72. The number of hydrogen-bond donors (Lipinski definition) is 3. The molecule has 0 saturated carbocycles. The lowest BCUT2D eigenvalue weighted by Gasteiger charge is -2.30. The number of hydrogen-bond acceptors (Lipinski definition) is 4. The fourth-order valence-electron chi connectivity index (χ4n) is 3.47. The molecule has 1 amide bonds. The van der Waals surface area contributed by atoms with Gasteiger partial charge in [0.15, 0.2) is 0 Å². The number of sulfonamides is 1. The third-order valence-electron chi connectivity index (χ3n) is 4.65. The first kappa shape index (κ1) is 22.9. The highest BCUT2D eigenvalue weighted by Gasteiger charge is 2.23. The molecule has 2 unspecified atom stereocenters. The van der Waals surface area contributed by atoms with Crippen molar-refractivity contribution in [3.8, 4) is 0 Å². The second kappa shape index (κ2) is 9.69. The lowest BCUT2D eigenvalue weighted by atomic mass is 9.95. The van der Waals surface area contributed by atoms with Crippen molar-refractivity contribution < 1.29 is 13.2 Å². The van der Waals surface area contributed by atoms with Crippen LogP contribution in [0.15, 0.2) is 17.0 Å². The monoisotopic (exact) mass is 403 g/mol. The molecular formula is C18H30ClN3O3S. The summed E-state index contributed by atoms with van der Waals surface area (Å²) in [6.07, 6.45) is 1.04. The van der Waals surface area contributed by atoms with Crippen LogP contribution < -0.4 is 15.4 Å². The number of aryl methyl sites for hydroxylation is 3. The van der Waals surface area contributed by atoms with Gasteiger partial charge in [-0.05, 0) is 57.3 Å². The lowest BCUT2D eigenvalue weighted by molar-refractivity contribution is -0.122. The summed E-state index contributed by atoms with van der Waals surface area (Å²) >= 11 is 0. The summed E-state index contributed by atoms with van der Waals surface area (Å²) in [6.45, 7) is 9.51. The van der Waals surface area contributed by atoms with Gasteiger partial charge in [0.1, 0.15) is 0 Å². The van der Waals surface area contributed by atoms with Gasteiger partial charge in [0, 0.05) is 19.0 Å². The van der Waals surface area contributed by atoms with Gasteiger partial charge in [0.2, 0.25) is 15.9 Å². The van der Waals surface area contributed by atoms with Gasteiger partial charge in [-0.15, -0.1) is 12.4 Å². The Hall–Kier alpha value is -1.15. The van der Waals surface area contributed by atoms with Crippen molar-refractivity contribution in [3.63, 3.8) is 0 Å². The molecule has 8 heteroatoms. The molecule has 1 aliphatic rings. The average molecular weight is 404 g/mol. The summed E-state index contributed by atoms with van der Waals surface area (Å²) in [4.78, 5) is 12.4. The zero-order chi connectivity index (χ0) is 18.6. The third-order valence-corrected chi connectivity index (χ3v) is 6.41. The van der Waals surface area contributed by atoms with Crippen LogP contribution in [0.3, 0.4) is 0 Å². The quantitative estimate of drug-likeness (QED) is 0.676. The number of rotatable bonds is 6. The number of carbonyl (C=O) groups is 1. The maximum Gasteiger partial charge on any atom is 0.241 e. The van der Waals surface area contributed by atoms with Crippen molar-refractivity contribution in [3.05, 3.63) is 28.8 Å². The number of carbonyl (C=O) groups excluding carboxylic acids is 1. The van der Waals surface area contributed by atoms with Crippen molar-refractivity contribution in [2.24, 2.45) is 5.92 Å². The molecule has 26 heavy (non-hydrogen) atoms. The molecule has 1 aromatic carbocycles. The highest BCUT2D eigenvalue weighted by atomic mass is 35.5. The van der Waals surface area contributed by atoms with Crippen LogP contribution in [0.2, 0.25) is 0 Å². The minimum absolute atomic E-state index is 0. The molecule has 0 radical (unpaired) electrons. The van der Waals surface area contributed by atoms with E-state index >= 15 is 0 Å². The van der Waals surface area contributed by atoms with Crippen molar-refractivity contribution in [2.75, 3.05) is 19.6 Å². The summed E-state index contributed by atoms with van der Waals surface area (Å²) in [5.74, 6) is 0.269. The molecule has 1 aliphatic heterocycles. The topological polar surface area (TPSA) is 87.3 Å². The third kappa shape index (κ3) is 5.94. The van der Waals surface area contributed by atoms with Crippen molar-refractivity contribution in [2.45, 2.75) is 51.5 Å². The Kier molecular flexibility index (Phi) is 8.53. The summed E-state index contributed by atoms with van der Waals surface area (Å²) < 4.78 is 27.7. The number of benzene rings is 1. The van der Waals surface area contributed by atoms with Gasteiger partial charge in [0.05, 0.1) is 4.90 Å². The Morgan fingerprint density at radius 1 is 1.23 bits per heavy atom. The molecule has 3 N–H and O–H groups in total. The largest absolute Gasteiger partial charge is 0.353 e. The molecule has 1 saturated heterocycles. The van der Waals surface area contributed by atoms with Crippen LogP contribution in [0.5, 0.6) is 0 Å². The molecule has 148 valence electrons. The smallest absolute Gasteiger partial charge is 0.241 e. The zero-order valence-corrected chi connectivity index (χ0v) is 17.5. The predicted molar refractivity (Wildman–Crippen MR) is 106 cm³/mol. The van der Waals surface area contributed by atoms with Gasteiger partial charge in [0.25, 0.3) is 0 Å². The molecule has 1 aromatic rings. The maximum absolute atomic E-state index is 12.6. The van der Waals surface area contributed by atoms with Crippen LogP contribution in [0.25, 0.3) is 0 Å². The maximum atomic E-state index is 12.6. The van der Waals surface area contributed by atoms with E-state index in [1.807, 2.05) is 19.1 Å². The standard InChI is InChI=1S/C18H29N3O3S.ClH/c1-12-9-13(2)18(14(3)10-12)25(23,24)20-8-6-17(22)21-16-5-7-19-11-15(16)4;/h9-10,15-16,19-20H,5-8,11H2,1-4H3,(H,21,22);1H. The van der Waals surface area contributed by atoms with Gasteiger partial charge >= 0.3 is 0 Å². The van der Waals surface area contributed by atoms with E-state index < -0.39 is 10.0 Å². The molecule has 0 spiro atoms. The lowest BCUT2D eigenvalue weighted by Crippen LogP contribution is -2.48. The molecule has 0 bridgehead atoms. The molecule has 1 heterocycles. The number of halogens is 1. The summed E-state index contributed by atoms with van der Waals surface area (Å²) in [6, 6.07) is 3.87. The van der Waals surface area contributed by atoms with Crippen molar-refractivity contribution in [1.82, 2.24) is 15.4 Å². The Balaban J connectivity index is 0.00000338. The van der Waals surface area contributed by atoms with Crippen LogP contribution in [-0.4, -0.2) is 40.0 Å². The summed E-state index contributed by atoms with van der Waals surface area (Å²) in [5, 5.41) is 6.30. The number of nitrogens with one attached hydrogen (secondary N) is 3. The van der Waals surface area contributed by atoms with Crippen LogP contribution >= 0.6 is 12.4 Å². The Labute approximate surface area is 163 Å². The van der Waals surface area contributed by atoms with Crippen molar-refractivity contribution >= 4 is 28.3 Å². The van der Waals surface area contributed by atoms with E-state index in [-0.39, 0.29) is 37.3 Å². The number of piperidine rings is 1. The summed E-state index contributed by atoms with van der Waals surface area (Å²) in [7, 11) is -3.62. The fraction of sp³-hybridized carbons (Fsp3) is 0.611.